The van der Waals surface area contributed by atoms with Crippen LogP contribution in [-0.2, 0) is 6.54 Å². The molecule has 2 aromatic carbocycles. The Morgan fingerprint density at radius 2 is 1.77 bits per heavy atom. The lowest BCUT2D eigenvalue weighted by Crippen LogP contribution is -2.46. The molecule has 4 rings (SSSR count). The largest absolute Gasteiger partial charge is 0.352 e. The SMILES string of the molecule is O=C(NCC1CC1)c1nn(-c2cccc(Cl)c2)c(=O)n(Cc2cccc(Cl)c2)c1=O. The molecule has 1 aromatic heterocycles. The lowest BCUT2D eigenvalue weighted by atomic mass is 10.2. The number of halogens is 2. The van der Waals surface area contributed by atoms with Gasteiger partial charge in [-0.25, -0.2) is 4.79 Å². The van der Waals surface area contributed by atoms with Crippen LogP contribution in [0.15, 0.2) is 58.1 Å². The lowest BCUT2D eigenvalue weighted by molar-refractivity contribution is 0.0942. The van der Waals surface area contributed by atoms with Crippen LogP contribution in [0.25, 0.3) is 5.69 Å². The molecule has 0 unspecified atom stereocenters. The van der Waals surface area contributed by atoms with Gasteiger partial charge in [-0.15, -0.1) is 0 Å². The summed E-state index contributed by atoms with van der Waals surface area (Å²) in [4.78, 5) is 38.8. The summed E-state index contributed by atoms with van der Waals surface area (Å²) >= 11 is 12.1. The summed E-state index contributed by atoms with van der Waals surface area (Å²) in [6.45, 7) is 0.425. The van der Waals surface area contributed by atoms with E-state index < -0.39 is 17.2 Å². The Kier molecular flexibility index (Phi) is 5.74. The first kappa shape index (κ1) is 20.4. The van der Waals surface area contributed by atoms with E-state index in [0.717, 1.165) is 22.1 Å². The number of carbonyl (C=O) groups is 1. The molecule has 1 N–H and O–H groups in total. The minimum atomic E-state index is -0.758. The Hall–Kier alpha value is -2.90. The molecule has 0 spiro atoms. The van der Waals surface area contributed by atoms with E-state index in [4.69, 9.17) is 23.2 Å². The molecule has 1 heterocycles. The summed E-state index contributed by atoms with van der Waals surface area (Å²) in [6, 6.07) is 13.3. The zero-order valence-corrected chi connectivity index (χ0v) is 17.4. The summed E-state index contributed by atoms with van der Waals surface area (Å²) in [7, 11) is 0. The first-order valence-electron chi connectivity index (χ1n) is 9.45. The molecule has 7 nitrogen and oxygen atoms in total. The summed E-state index contributed by atoms with van der Waals surface area (Å²) in [6.07, 6.45) is 2.10. The molecule has 1 aliphatic carbocycles. The van der Waals surface area contributed by atoms with E-state index in [0.29, 0.717) is 33.8 Å². The van der Waals surface area contributed by atoms with Gasteiger partial charge in [-0.1, -0.05) is 41.4 Å². The van der Waals surface area contributed by atoms with Gasteiger partial charge in [0.05, 0.1) is 12.2 Å². The van der Waals surface area contributed by atoms with Crippen LogP contribution in [0.4, 0.5) is 0 Å². The average Bonchev–Trinajstić information content (AvgIpc) is 3.54. The minimum Gasteiger partial charge on any atom is -0.350 e. The van der Waals surface area contributed by atoms with Gasteiger partial charge in [0.25, 0.3) is 11.5 Å². The number of benzene rings is 2. The van der Waals surface area contributed by atoms with Gasteiger partial charge in [0.2, 0.25) is 5.69 Å². The fourth-order valence-corrected chi connectivity index (χ4v) is 3.43. The molecule has 3 aromatic rings. The van der Waals surface area contributed by atoms with Crippen LogP contribution >= 0.6 is 23.2 Å². The van der Waals surface area contributed by atoms with Crippen LogP contribution < -0.4 is 16.6 Å². The van der Waals surface area contributed by atoms with Crippen LogP contribution in [-0.4, -0.2) is 26.8 Å². The average molecular weight is 445 g/mol. The van der Waals surface area contributed by atoms with Crippen molar-refractivity contribution in [2.45, 2.75) is 19.4 Å². The molecule has 1 saturated carbocycles. The Balaban J connectivity index is 1.83. The van der Waals surface area contributed by atoms with Crippen molar-refractivity contribution in [3.05, 3.63) is 90.7 Å². The van der Waals surface area contributed by atoms with Gasteiger partial charge >= 0.3 is 5.69 Å². The predicted octanol–water partition coefficient (Wildman–Crippen LogP) is 2.89. The van der Waals surface area contributed by atoms with Crippen molar-refractivity contribution < 1.29 is 4.79 Å². The molecule has 0 radical (unpaired) electrons. The molecule has 1 aliphatic rings. The first-order valence-corrected chi connectivity index (χ1v) is 10.2. The van der Waals surface area contributed by atoms with Crippen molar-refractivity contribution in [3.8, 4) is 5.69 Å². The molecule has 1 amide bonds. The molecule has 30 heavy (non-hydrogen) atoms. The van der Waals surface area contributed by atoms with E-state index in [2.05, 4.69) is 10.4 Å². The normalized spacial score (nSPS) is 13.3. The van der Waals surface area contributed by atoms with Crippen LogP contribution in [0.2, 0.25) is 10.0 Å². The van der Waals surface area contributed by atoms with E-state index >= 15 is 0 Å². The van der Waals surface area contributed by atoms with E-state index in [-0.39, 0.29) is 12.2 Å². The Morgan fingerprint density at radius 1 is 1.07 bits per heavy atom. The second-order valence-corrected chi connectivity index (χ2v) is 8.07. The monoisotopic (exact) mass is 444 g/mol. The van der Waals surface area contributed by atoms with Crippen LogP contribution in [0.5, 0.6) is 0 Å². The van der Waals surface area contributed by atoms with Crippen LogP contribution in [0, 0.1) is 5.92 Å². The molecule has 154 valence electrons. The number of hydrogen-bond donors (Lipinski definition) is 1. The van der Waals surface area contributed by atoms with Crippen molar-refractivity contribution in [1.82, 2.24) is 19.7 Å². The van der Waals surface area contributed by atoms with Crippen molar-refractivity contribution in [1.29, 1.82) is 0 Å². The van der Waals surface area contributed by atoms with Gasteiger partial charge in [-0.05, 0) is 54.7 Å². The Bertz CT molecular complexity index is 1230. The third-order valence-electron chi connectivity index (χ3n) is 4.81. The van der Waals surface area contributed by atoms with Gasteiger partial charge in [0.15, 0.2) is 0 Å². The molecule has 0 saturated heterocycles. The fourth-order valence-electron chi connectivity index (χ4n) is 3.03. The number of hydrogen-bond acceptors (Lipinski definition) is 4. The third-order valence-corrected chi connectivity index (χ3v) is 5.28. The highest BCUT2D eigenvalue weighted by atomic mass is 35.5. The van der Waals surface area contributed by atoms with E-state index in [9.17, 15) is 14.4 Å². The van der Waals surface area contributed by atoms with Crippen molar-refractivity contribution in [3.63, 3.8) is 0 Å². The van der Waals surface area contributed by atoms with E-state index in [1.54, 1.807) is 42.5 Å². The van der Waals surface area contributed by atoms with E-state index in [1.165, 1.54) is 6.07 Å². The fraction of sp³-hybridized carbons (Fsp3) is 0.238. The summed E-state index contributed by atoms with van der Waals surface area (Å²) in [5.74, 6) is -0.177. The highest BCUT2D eigenvalue weighted by Gasteiger charge is 2.25. The van der Waals surface area contributed by atoms with Gasteiger partial charge in [-0.2, -0.15) is 9.78 Å². The molecule has 0 aliphatic heterocycles. The maximum Gasteiger partial charge on any atom is 0.352 e. The number of aromatic nitrogens is 3. The maximum absolute atomic E-state index is 13.1. The summed E-state index contributed by atoms with van der Waals surface area (Å²) < 4.78 is 2.00. The zero-order valence-electron chi connectivity index (χ0n) is 15.8. The molecular formula is C21H18Cl2N4O3. The maximum atomic E-state index is 13.1. The lowest BCUT2D eigenvalue weighted by Gasteiger charge is -2.12. The molecule has 0 atom stereocenters. The second-order valence-electron chi connectivity index (χ2n) is 7.20. The quantitative estimate of drug-likeness (QED) is 0.633. The van der Waals surface area contributed by atoms with Crippen molar-refractivity contribution in [2.24, 2.45) is 5.92 Å². The number of nitrogens with zero attached hydrogens (tertiary/aromatic N) is 3. The molecule has 9 heteroatoms. The zero-order chi connectivity index (χ0) is 21.3. The minimum absolute atomic E-state index is 0.0514. The molecular weight excluding hydrogens is 427 g/mol. The second kappa shape index (κ2) is 8.45. The number of amides is 1. The molecule has 0 bridgehead atoms. The van der Waals surface area contributed by atoms with Crippen LogP contribution in [0.3, 0.4) is 0 Å². The van der Waals surface area contributed by atoms with Gasteiger partial charge in [0, 0.05) is 16.6 Å². The smallest absolute Gasteiger partial charge is 0.350 e. The van der Waals surface area contributed by atoms with Gasteiger partial charge < -0.3 is 5.32 Å². The van der Waals surface area contributed by atoms with E-state index in [1.807, 2.05) is 0 Å². The van der Waals surface area contributed by atoms with Crippen molar-refractivity contribution >= 4 is 29.1 Å². The highest BCUT2D eigenvalue weighted by molar-refractivity contribution is 6.31. The Labute approximate surface area is 181 Å². The number of rotatable bonds is 6. The number of nitrogens with one attached hydrogen (secondary N) is 1. The van der Waals surface area contributed by atoms with Crippen molar-refractivity contribution in [2.75, 3.05) is 6.54 Å². The standard InChI is InChI=1S/C21H18Cl2N4O3/c22-15-4-1-3-14(9-15)12-26-20(29)18(19(28)24-11-13-7-8-13)25-27(21(26)30)17-6-2-5-16(23)10-17/h1-6,9-10,13H,7-8,11-12H2,(H,24,28). The summed E-state index contributed by atoms with van der Waals surface area (Å²) in [5, 5.41) is 7.69. The molecule has 1 fully saturated rings. The summed E-state index contributed by atoms with van der Waals surface area (Å²) in [5.41, 5.74) is -0.789. The van der Waals surface area contributed by atoms with Crippen LogP contribution in [0.1, 0.15) is 28.9 Å². The predicted molar refractivity (Wildman–Crippen MR) is 115 cm³/mol. The number of carbonyl (C=O) groups excluding carboxylic acids is 1. The van der Waals surface area contributed by atoms with Gasteiger partial charge in [0.1, 0.15) is 0 Å². The first-order chi connectivity index (χ1) is 14.4. The topological polar surface area (TPSA) is 86.0 Å². The highest BCUT2D eigenvalue weighted by Crippen LogP contribution is 2.27. The third kappa shape index (κ3) is 4.47. The van der Waals surface area contributed by atoms with Gasteiger partial charge in [-0.3, -0.25) is 14.2 Å². The Morgan fingerprint density at radius 3 is 2.43 bits per heavy atom.